The summed E-state index contributed by atoms with van der Waals surface area (Å²) in [5.41, 5.74) is 1.57. The van der Waals surface area contributed by atoms with E-state index in [2.05, 4.69) is 5.32 Å². The molecule has 1 aliphatic heterocycles. The molecule has 0 bridgehead atoms. The maximum absolute atomic E-state index is 14.4. The fourth-order valence-electron chi connectivity index (χ4n) is 2.81. The third kappa shape index (κ3) is 3.73. The van der Waals surface area contributed by atoms with Crippen molar-refractivity contribution in [1.82, 2.24) is 5.32 Å². The Hall–Kier alpha value is -1.17. The maximum Gasteiger partial charge on any atom is 0.146 e. The lowest BCUT2D eigenvalue weighted by Crippen LogP contribution is -2.48. The van der Waals surface area contributed by atoms with Gasteiger partial charge in [0.05, 0.1) is 24.5 Å². The predicted molar refractivity (Wildman–Crippen MR) is 79.9 cm³/mol. The molecule has 0 radical (unpaired) electrons. The predicted octanol–water partition coefficient (Wildman–Crippen LogP) is 1.66. The molecule has 116 valence electrons. The fraction of sp³-hybridized carbons (Fsp3) is 0.625. The number of nitrogens with zero attached hydrogens (tertiary/aromatic N) is 1. The molecule has 0 spiro atoms. The van der Waals surface area contributed by atoms with Gasteiger partial charge in [-0.3, -0.25) is 0 Å². The van der Waals surface area contributed by atoms with Crippen LogP contribution < -0.4 is 10.2 Å². The third-order valence-corrected chi connectivity index (χ3v) is 4.05. The molecule has 5 heteroatoms. The van der Waals surface area contributed by atoms with Gasteiger partial charge in [0, 0.05) is 25.7 Å². The minimum Gasteiger partial charge on any atom is -0.394 e. The van der Waals surface area contributed by atoms with Crippen molar-refractivity contribution in [3.05, 3.63) is 29.6 Å². The lowest BCUT2D eigenvalue weighted by atomic mass is 10.1. The van der Waals surface area contributed by atoms with Gasteiger partial charge < -0.3 is 20.1 Å². The zero-order valence-electron chi connectivity index (χ0n) is 12.4. The summed E-state index contributed by atoms with van der Waals surface area (Å²) in [5, 5.41) is 12.7. The second kappa shape index (κ2) is 6.30. The molecule has 1 saturated carbocycles. The molecule has 1 aromatic carbocycles. The van der Waals surface area contributed by atoms with Crippen LogP contribution in [0.2, 0.25) is 0 Å². The van der Waals surface area contributed by atoms with Crippen LogP contribution in [0.15, 0.2) is 18.2 Å². The monoisotopic (exact) mass is 294 g/mol. The Morgan fingerprint density at radius 3 is 2.86 bits per heavy atom. The molecule has 3 rings (SSSR count). The van der Waals surface area contributed by atoms with Crippen LogP contribution in [-0.2, 0) is 11.3 Å². The first-order valence-electron chi connectivity index (χ1n) is 7.69. The van der Waals surface area contributed by atoms with E-state index in [1.807, 2.05) is 24.0 Å². The number of hydrogen-bond acceptors (Lipinski definition) is 4. The van der Waals surface area contributed by atoms with Gasteiger partial charge in [-0.1, -0.05) is 6.07 Å². The van der Waals surface area contributed by atoms with E-state index in [9.17, 15) is 9.50 Å². The normalized spacial score (nSPS) is 26.1. The zero-order valence-corrected chi connectivity index (χ0v) is 12.4. The lowest BCUT2D eigenvalue weighted by Gasteiger charge is -2.37. The zero-order chi connectivity index (χ0) is 14.8. The van der Waals surface area contributed by atoms with Crippen molar-refractivity contribution in [2.45, 2.75) is 44.6 Å². The summed E-state index contributed by atoms with van der Waals surface area (Å²) in [6, 6.07) is 6.05. The van der Waals surface area contributed by atoms with E-state index in [1.165, 1.54) is 12.8 Å². The van der Waals surface area contributed by atoms with Crippen LogP contribution >= 0.6 is 0 Å². The van der Waals surface area contributed by atoms with Gasteiger partial charge in [0.1, 0.15) is 5.82 Å². The summed E-state index contributed by atoms with van der Waals surface area (Å²) in [4.78, 5) is 1.96. The molecule has 0 amide bonds. The first-order chi connectivity index (χ1) is 10.2. The highest BCUT2D eigenvalue weighted by molar-refractivity contribution is 5.50. The quantitative estimate of drug-likeness (QED) is 0.867. The number of nitrogens with one attached hydrogen (secondary N) is 1. The van der Waals surface area contributed by atoms with E-state index in [4.69, 9.17) is 4.74 Å². The van der Waals surface area contributed by atoms with Gasteiger partial charge in [0.2, 0.25) is 0 Å². The minimum atomic E-state index is -0.246. The van der Waals surface area contributed by atoms with Crippen molar-refractivity contribution < 1.29 is 14.2 Å². The number of halogens is 1. The third-order valence-electron chi connectivity index (χ3n) is 4.05. The molecule has 2 atom stereocenters. The Kier molecular flexibility index (Phi) is 4.42. The molecule has 1 heterocycles. The molecular weight excluding hydrogens is 271 g/mol. The lowest BCUT2D eigenvalue weighted by molar-refractivity contribution is -0.0422. The molecule has 1 saturated heterocycles. The summed E-state index contributed by atoms with van der Waals surface area (Å²) in [6.45, 7) is 3.80. The summed E-state index contributed by atoms with van der Waals surface area (Å²) < 4.78 is 20.0. The average Bonchev–Trinajstić information content (AvgIpc) is 3.28. The number of rotatable bonds is 5. The molecule has 21 heavy (non-hydrogen) atoms. The van der Waals surface area contributed by atoms with Crippen molar-refractivity contribution >= 4 is 5.69 Å². The van der Waals surface area contributed by atoms with Gasteiger partial charge in [-0.15, -0.1) is 0 Å². The van der Waals surface area contributed by atoms with Gasteiger partial charge in [-0.25, -0.2) is 4.39 Å². The number of anilines is 1. The van der Waals surface area contributed by atoms with Crippen LogP contribution in [-0.4, -0.2) is 43.1 Å². The molecule has 2 fully saturated rings. The first kappa shape index (κ1) is 14.8. The summed E-state index contributed by atoms with van der Waals surface area (Å²) in [7, 11) is 0. The van der Waals surface area contributed by atoms with E-state index >= 15 is 0 Å². The van der Waals surface area contributed by atoms with E-state index in [1.54, 1.807) is 6.07 Å². The SMILES string of the molecule is CC1CN(c2ccc(CNC3CC3)cc2F)CC(CO)O1. The van der Waals surface area contributed by atoms with Gasteiger partial charge in [0.15, 0.2) is 0 Å². The Morgan fingerprint density at radius 1 is 1.38 bits per heavy atom. The van der Waals surface area contributed by atoms with Crippen molar-refractivity contribution in [3.63, 3.8) is 0 Å². The number of aliphatic hydroxyl groups excluding tert-OH is 1. The van der Waals surface area contributed by atoms with E-state index in [0.29, 0.717) is 24.8 Å². The molecule has 0 aromatic heterocycles. The number of benzene rings is 1. The number of morpholine rings is 1. The minimum absolute atomic E-state index is 0.00786. The Balaban J connectivity index is 1.68. The molecular formula is C16H23FN2O2. The fourth-order valence-corrected chi connectivity index (χ4v) is 2.81. The van der Waals surface area contributed by atoms with Gasteiger partial charge in [-0.2, -0.15) is 0 Å². The highest BCUT2D eigenvalue weighted by Gasteiger charge is 2.26. The van der Waals surface area contributed by atoms with E-state index < -0.39 is 0 Å². The van der Waals surface area contributed by atoms with Crippen LogP contribution in [0, 0.1) is 5.82 Å². The highest BCUT2D eigenvalue weighted by atomic mass is 19.1. The average molecular weight is 294 g/mol. The summed E-state index contributed by atoms with van der Waals surface area (Å²) >= 11 is 0. The second-order valence-electron chi connectivity index (χ2n) is 6.10. The Bertz CT molecular complexity index is 493. The van der Waals surface area contributed by atoms with Gasteiger partial charge in [0.25, 0.3) is 0 Å². The van der Waals surface area contributed by atoms with Crippen molar-refractivity contribution in [2.75, 3.05) is 24.6 Å². The van der Waals surface area contributed by atoms with E-state index in [0.717, 1.165) is 12.1 Å². The molecule has 2 unspecified atom stereocenters. The number of aliphatic hydroxyl groups is 1. The Labute approximate surface area is 124 Å². The van der Waals surface area contributed by atoms with Gasteiger partial charge >= 0.3 is 0 Å². The van der Waals surface area contributed by atoms with Crippen molar-refractivity contribution in [3.8, 4) is 0 Å². The smallest absolute Gasteiger partial charge is 0.146 e. The summed E-state index contributed by atoms with van der Waals surface area (Å²) in [5.74, 6) is -0.198. The maximum atomic E-state index is 14.4. The van der Waals surface area contributed by atoms with Crippen LogP contribution in [0.3, 0.4) is 0 Å². The largest absolute Gasteiger partial charge is 0.394 e. The molecule has 1 aromatic rings. The molecule has 2 N–H and O–H groups in total. The first-order valence-corrected chi connectivity index (χ1v) is 7.69. The highest BCUT2D eigenvalue weighted by Crippen LogP contribution is 2.25. The second-order valence-corrected chi connectivity index (χ2v) is 6.10. The van der Waals surface area contributed by atoms with Crippen LogP contribution in [0.25, 0.3) is 0 Å². The van der Waals surface area contributed by atoms with Crippen molar-refractivity contribution in [1.29, 1.82) is 0 Å². The van der Waals surface area contributed by atoms with Crippen molar-refractivity contribution in [2.24, 2.45) is 0 Å². The molecule has 1 aliphatic carbocycles. The van der Waals surface area contributed by atoms with Crippen LogP contribution in [0.5, 0.6) is 0 Å². The molecule has 4 nitrogen and oxygen atoms in total. The van der Waals surface area contributed by atoms with Crippen LogP contribution in [0.4, 0.5) is 10.1 Å². The molecule has 2 aliphatic rings. The van der Waals surface area contributed by atoms with E-state index in [-0.39, 0.29) is 24.6 Å². The van der Waals surface area contributed by atoms with Crippen LogP contribution in [0.1, 0.15) is 25.3 Å². The Morgan fingerprint density at radius 2 is 2.19 bits per heavy atom. The number of ether oxygens (including phenoxy) is 1. The summed E-state index contributed by atoms with van der Waals surface area (Å²) in [6.07, 6.45) is 2.21. The van der Waals surface area contributed by atoms with Gasteiger partial charge in [-0.05, 0) is 37.5 Å². The number of hydrogen-bond donors (Lipinski definition) is 2. The topological polar surface area (TPSA) is 44.7 Å². The standard InChI is InChI=1S/C16H23FN2O2/c1-11-8-19(9-14(10-20)21-11)16-5-2-12(6-15(16)17)7-18-13-3-4-13/h2,5-6,11,13-14,18,20H,3-4,7-10H2,1H3.